The molecule has 8 nitrogen and oxygen atoms in total. The smallest absolute Gasteiger partial charge is 0.417 e. The fraction of sp³-hybridized carbons (Fsp3) is 0.706. The molecule has 0 bridgehead atoms. The number of carbonyl (C=O) groups excluding carboxylic acids is 4. The monoisotopic (exact) mass is 695 g/mol. The zero-order chi connectivity index (χ0) is 36.3. The molecule has 274 valence electrons. The van der Waals surface area contributed by atoms with Gasteiger partial charge < -0.3 is 21.1 Å². The van der Waals surface area contributed by atoms with Gasteiger partial charge in [-0.25, -0.2) is 4.79 Å². The quantitative estimate of drug-likeness (QED) is 0.0618. The second kappa shape index (κ2) is 21.7. The lowest BCUT2D eigenvalue weighted by molar-refractivity contribution is -0.144. The van der Waals surface area contributed by atoms with Crippen molar-refractivity contribution in [3.63, 3.8) is 0 Å². The number of alkyl halides is 6. The summed E-state index contributed by atoms with van der Waals surface area (Å²) in [4.78, 5) is 51.7. The van der Waals surface area contributed by atoms with Crippen LogP contribution in [0.5, 0.6) is 0 Å². The highest BCUT2D eigenvalue weighted by molar-refractivity contribution is 5.97. The van der Waals surface area contributed by atoms with Crippen molar-refractivity contribution in [2.45, 2.75) is 135 Å². The lowest BCUT2D eigenvalue weighted by atomic mass is 9.99. The molecule has 0 radical (unpaired) electrons. The Bertz CT molecular complexity index is 1120. The molecular formula is C34H51F6N3O5. The molecule has 0 heterocycles. The van der Waals surface area contributed by atoms with E-state index in [1.165, 1.54) is 25.7 Å². The van der Waals surface area contributed by atoms with Gasteiger partial charge in [-0.05, 0) is 56.7 Å². The molecule has 4 N–H and O–H groups in total. The van der Waals surface area contributed by atoms with E-state index < -0.39 is 65.4 Å². The van der Waals surface area contributed by atoms with E-state index in [2.05, 4.69) is 22.3 Å². The number of halogens is 6. The van der Waals surface area contributed by atoms with Crippen LogP contribution < -0.4 is 16.4 Å². The molecule has 1 aromatic rings. The average Bonchev–Trinajstić information content (AvgIpc) is 3.00. The maximum Gasteiger partial charge on any atom is 0.417 e. The summed E-state index contributed by atoms with van der Waals surface area (Å²) in [5.41, 5.74) is 0.0391. The SMILES string of the molecule is CCCCCCCCCCCC(=O)N[C@@H](CC(C)C)C(=O)N[C@@H](CCCCN)C(=O)COC(=O)c1c(C(F)(F)F)cccc1C(F)(F)F. The number of carbonyl (C=O) groups is 4. The molecule has 0 aromatic heterocycles. The van der Waals surface area contributed by atoms with Crippen LogP contribution in [-0.4, -0.2) is 48.8 Å². The van der Waals surface area contributed by atoms with Crippen LogP contribution in [0.4, 0.5) is 26.3 Å². The van der Waals surface area contributed by atoms with Crippen LogP contribution in [0, 0.1) is 5.92 Å². The van der Waals surface area contributed by atoms with Crippen molar-refractivity contribution >= 4 is 23.6 Å². The number of hydrogen-bond donors (Lipinski definition) is 3. The van der Waals surface area contributed by atoms with Crippen LogP contribution in [0.25, 0.3) is 0 Å². The van der Waals surface area contributed by atoms with Gasteiger partial charge in [0.15, 0.2) is 12.4 Å². The minimum atomic E-state index is -5.32. The third-order valence-corrected chi connectivity index (χ3v) is 7.74. The van der Waals surface area contributed by atoms with E-state index in [0.717, 1.165) is 25.7 Å². The van der Waals surface area contributed by atoms with Crippen LogP contribution in [-0.2, 0) is 31.5 Å². The molecule has 0 saturated heterocycles. The van der Waals surface area contributed by atoms with Gasteiger partial charge in [0, 0.05) is 6.42 Å². The summed E-state index contributed by atoms with van der Waals surface area (Å²) in [6, 6.07) is -1.18. The highest BCUT2D eigenvalue weighted by Crippen LogP contribution is 2.39. The molecule has 1 rings (SSSR count). The van der Waals surface area contributed by atoms with Crippen molar-refractivity contribution in [2.75, 3.05) is 13.2 Å². The second-order valence-corrected chi connectivity index (χ2v) is 12.4. The van der Waals surface area contributed by atoms with Crippen LogP contribution in [0.3, 0.4) is 0 Å². The van der Waals surface area contributed by atoms with Gasteiger partial charge >= 0.3 is 18.3 Å². The second-order valence-electron chi connectivity index (χ2n) is 12.4. The number of esters is 1. The van der Waals surface area contributed by atoms with Gasteiger partial charge in [-0.2, -0.15) is 26.3 Å². The van der Waals surface area contributed by atoms with Crippen molar-refractivity contribution in [1.82, 2.24) is 10.6 Å². The van der Waals surface area contributed by atoms with Gasteiger partial charge in [0.05, 0.1) is 22.7 Å². The largest absolute Gasteiger partial charge is 0.454 e. The number of amides is 2. The Hall–Kier alpha value is -3.16. The topological polar surface area (TPSA) is 128 Å². The van der Waals surface area contributed by atoms with E-state index in [0.29, 0.717) is 37.5 Å². The number of nitrogens with one attached hydrogen (secondary N) is 2. The standard InChI is InChI=1S/C34H51F6N3O5/c1-4-5-6-7-8-9-10-11-12-19-29(45)42-27(21-23(2)3)31(46)43-26(18-13-14-20-41)28(44)22-48-32(47)30-24(33(35,36)37)16-15-17-25(30)34(38,39)40/h15-17,23,26-27H,4-14,18-22,41H2,1-3H3,(H,42,45)(H,43,46)/t26-,27-/m0/s1. The van der Waals surface area contributed by atoms with E-state index in [4.69, 9.17) is 5.73 Å². The molecule has 0 aliphatic heterocycles. The molecule has 0 spiro atoms. The average molecular weight is 696 g/mol. The summed E-state index contributed by atoms with van der Waals surface area (Å²) < 4.78 is 85.8. The zero-order valence-corrected chi connectivity index (χ0v) is 28.2. The number of benzene rings is 1. The summed E-state index contributed by atoms with van der Waals surface area (Å²) in [6.45, 7) is 4.89. The predicted molar refractivity (Wildman–Crippen MR) is 170 cm³/mol. The molecule has 0 fully saturated rings. The van der Waals surface area contributed by atoms with E-state index in [1.54, 1.807) is 0 Å². The molecule has 1 aromatic carbocycles. The van der Waals surface area contributed by atoms with E-state index in [-0.39, 0.29) is 37.6 Å². The molecule has 14 heteroatoms. The molecule has 0 aliphatic rings. The van der Waals surface area contributed by atoms with Gasteiger partial charge in [-0.3, -0.25) is 14.4 Å². The first kappa shape index (κ1) is 42.9. The van der Waals surface area contributed by atoms with Crippen LogP contribution in [0.2, 0.25) is 0 Å². The fourth-order valence-electron chi connectivity index (χ4n) is 5.20. The van der Waals surface area contributed by atoms with Gasteiger partial charge in [-0.15, -0.1) is 0 Å². The van der Waals surface area contributed by atoms with Gasteiger partial charge in [0.2, 0.25) is 11.8 Å². The molecule has 0 unspecified atom stereocenters. The van der Waals surface area contributed by atoms with Crippen molar-refractivity contribution in [2.24, 2.45) is 11.7 Å². The first-order chi connectivity index (χ1) is 22.5. The summed E-state index contributed by atoms with van der Waals surface area (Å²) in [6.07, 6.45) is 0.210. The maximum atomic E-state index is 13.5. The Morgan fingerprint density at radius 2 is 1.31 bits per heavy atom. The molecular weight excluding hydrogens is 644 g/mol. The van der Waals surface area contributed by atoms with Gasteiger partial charge in [0.25, 0.3) is 0 Å². The molecule has 2 atom stereocenters. The van der Waals surface area contributed by atoms with Gasteiger partial charge in [-0.1, -0.05) is 78.2 Å². The van der Waals surface area contributed by atoms with Crippen molar-refractivity contribution < 1.29 is 50.3 Å². The third kappa shape index (κ3) is 16.3. The first-order valence-electron chi connectivity index (χ1n) is 16.8. The minimum absolute atomic E-state index is 0.00700. The predicted octanol–water partition coefficient (Wildman–Crippen LogP) is 7.52. The number of hydrogen-bond acceptors (Lipinski definition) is 6. The Morgan fingerprint density at radius 1 is 0.771 bits per heavy atom. The molecule has 2 amide bonds. The number of ether oxygens (including phenoxy) is 1. The number of nitrogens with two attached hydrogens (primary N) is 1. The number of Topliss-reactive ketones (excluding diaryl/α,β-unsaturated/α-hetero) is 1. The fourth-order valence-corrected chi connectivity index (χ4v) is 5.20. The molecule has 0 aliphatic carbocycles. The number of unbranched alkanes of at least 4 members (excludes halogenated alkanes) is 9. The highest BCUT2D eigenvalue weighted by atomic mass is 19.4. The maximum absolute atomic E-state index is 13.5. The lowest BCUT2D eigenvalue weighted by Crippen LogP contribution is -2.52. The van der Waals surface area contributed by atoms with Crippen LogP contribution in [0.1, 0.15) is 132 Å². The molecule has 0 saturated carbocycles. The summed E-state index contributed by atoms with van der Waals surface area (Å²) in [5.74, 6) is -3.99. The van der Waals surface area contributed by atoms with E-state index in [1.807, 2.05) is 13.8 Å². The zero-order valence-electron chi connectivity index (χ0n) is 28.2. The normalized spacial score (nSPS) is 13.2. The van der Waals surface area contributed by atoms with E-state index >= 15 is 0 Å². The van der Waals surface area contributed by atoms with Crippen molar-refractivity contribution in [3.8, 4) is 0 Å². The van der Waals surface area contributed by atoms with Gasteiger partial charge in [0.1, 0.15) is 6.04 Å². The summed E-state index contributed by atoms with van der Waals surface area (Å²) in [5, 5.41) is 5.25. The van der Waals surface area contributed by atoms with E-state index in [9.17, 15) is 45.5 Å². The van der Waals surface area contributed by atoms with Crippen molar-refractivity contribution in [1.29, 1.82) is 0 Å². The Balaban J connectivity index is 2.94. The Kier molecular flexibility index (Phi) is 19.4. The lowest BCUT2D eigenvalue weighted by Gasteiger charge is -2.24. The van der Waals surface area contributed by atoms with Crippen LogP contribution >= 0.6 is 0 Å². The third-order valence-electron chi connectivity index (χ3n) is 7.74. The highest BCUT2D eigenvalue weighted by Gasteiger charge is 2.43. The number of ketones is 1. The first-order valence-corrected chi connectivity index (χ1v) is 16.8. The Labute approximate surface area is 279 Å². The summed E-state index contributed by atoms with van der Waals surface area (Å²) >= 11 is 0. The molecule has 48 heavy (non-hydrogen) atoms. The Morgan fingerprint density at radius 3 is 1.81 bits per heavy atom. The van der Waals surface area contributed by atoms with Crippen LogP contribution in [0.15, 0.2) is 18.2 Å². The summed E-state index contributed by atoms with van der Waals surface area (Å²) in [7, 11) is 0. The van der Waals surface area contributed by atoms with Crippen molar-refractivity contribution in [3.05, 3.63) is 34.9 Å². The number of rotatable bonds is 23. The minimum Gasteiger partial charge on any atom is -0.454 e.